The van der Waals surface area contributed by atoms with Crippen LogP contribution in [0.15, 0.2) is 42.5 Å². The fraction of sp³-hybridized carbons (Fsp3) is 0.353. The Labute approximate surface area is 140 Å². The number of ether oxygens (including phenoxy) is 1. The summed E-state index contributed by atoms with van der Waals surface area (Å²) < 4.78 is 31.7. The molecule has 2 aromatic carbocycles. The molecule has 2 aromatic rings. The number of benzene rings is 2. The van der Waals surface area contributed by atoms with Crippen LogP contribution >= 0.6 is 0 Å². The Morgan fingerprint density at radius 3 is 2.54 bits per heavy atom. The van der Waals surface area contributed by atoms with E-state index in [-0.39, 0.29) is 6.61 Å². The molecule has 1 atom stereocenters. The third kappa shape index (κ3) is 2.90. The molecule has 0 bridgehead atoms. The van der Waals surface area contributed by atoms with Crippen molar-refractivity contribution in [1.82, 2.24) is 4.72 Å². The molecule has 0 aromatic heterocycles. The first kappa shape index (κ1) is 16.9. The predicted molar refractivity (Wildman–Crippen MR) is 90.2 cm³/mol. The smallest absolute Gasteiger partial charge is 0.326 e. The van der Waals surface area contributed by atoms with Crippen molar-refractivity contribution in [3.8, 4) is 0 Å². The number of aliphatic carboxylic acids is 1. The van der Waals surface area contributed by atoms with E-state index in [0.29, 0.717) is 23.8 Å². The van der Waals surface area contributed by atoms with E-state index in [0.717, 1.165) is 5.39 Å². The van der Waals surface area contributed by atoms with Crippen molar-refractivity contribution in [3.63, 3.8) is 0 Å². The van der Waals surface area contributed by atoms with E-state index in [2.05, 4.69) is 4.72 Å². The molecular formula is C17H19NO5S. The maximum Gasteiger partial charge on any atom is 0.326 e. The van der Waals surface area contributed by atoms with Gasteiger partial charge in [-0.3, -0.25) is 4.79 Å². The van der Waals surface area contributed by atoms with Crippen LogP contribution in [0.1, 0.15) is 24.4 Å². The van der Waals surface area contributed by atoms with Crippen molar-refractivity contribution in [1.29, 1.82) is 0 Å². The van der Waals surface area contributed by atoms with Gasteiger partial charge in [0.15, 0.2) is 0 Å². The molecule has 1 aliphatic carbocycles. The Bertz CT molecular complexity index is 868. The minimum absolute atomic E-state index is 0.0597. The standard InChI is InChI=1S/C17H19NO5S/c1-23-11-17(9-10-17)24(21,22)18-15(16(19)20)14-8-4-6-12-5-2-3-7-13(12)14/h2-8,15,18H,9-11H2,1H3,(H,19,20). The summed E-state index contributed by atoms with van der Waals surface area (Å²) in [6, 6.07) is 11.2. The highest BCUT2D eigenvalue weighted by atomic mass is 32.2. The Morgan fingerprint density at radius 2 is 1.92 bits per heavy atom. The molecule has 0 aliphatic heterocycles. The highest BCUT2D eigenvalue weighted by Crippen LogP contribution is 2.44. The summed E-state index contributed by atoms with van der Waals surface area (Å²) in [4.78, 5) is 11.8. The van der Waals surface area contributed by atoms with Crippen LogP contribution in [0.25, 0.3) is 10.8 Å². The van der Waals surface area contributed by atoms with E-state index in [1.165, 1.54) is 7.11 Å². The molecule has 0 spiro atoms. The fourth-order valence-corrected chi connectivity index (χ4v) is 4.62. The Balaban J connectivity index is 2.01. The van der Waals surface area contributed by atoms with Crippen LogP contribution in [0.3, 0.4) is 0 Å². The van der Waals surface area contributed by atoms with Crippen molar-refractivity contribution < 1.29 is 23.1 Å². The van der Waals surface area contributed by atoms with Gasteiger partial charge in [0.1, 0.15) is 10.8 Å². The number of methoxy groups -OCH3 is 1. The second-order valence-electron chi connectivity index (χ2n) is 6.08. The summed E-state index contributed by atoms with van der Waals surface area (Å²) >= 11 is 0. The third-order valence-corrected chi connectivity index (χ3v) is 6.65. The van der Waals surface area contributed by atoms with Gasteiger partial charge in [0.25, 0.3) is 0 Å². The van der Waals surface area contributed by atoms with E-state index in [1.807, 2.05) is 18.2 Å². The van der Waals surface area contributed by atoms with Crippen molar-refractivity contribution in [2.75, 3.05) is 13.7 Å². The summed E-state index contributed by atoms with van der Waals surface area (Å²) in [5, 5.41) is 11.2. The predicted octanol–water partition coefficient (Wildman–Crippen LogP) is 2.06. The SMILES string of the molecule is COCC1(S(=O)(=O)NC(C(=O)O)c2cccc3ccccc23)CC1. The lowest BCUT2D eigenvalue weighted by Gasteiger charge is -2.21. The zero-order chi connectivity index (χ0) is 17.4. The Morgan fingerprint density at radius 1 is 1.25 bits per heavy atom. The van der Waals surface area contributed by atoms with Crippen LogP contribution < -0.4 is 4.72 Å². The molecule has 1 unspecified atom stereocenters. The first-order valence-electron chi connectivity index (χ1n) is 7.61. The fourth-order valence-electron chi connectivity index (χ4n) is 2.92. The number of carboxylic acid groups (broad SMARTS) is 1. The maximum absolute atomic E-state index is 12.7. The van der Waals surface area contributed by atoms with E-state index >= 15 is 0 Å². The summed E-state index contributed by atoms with van der Waals surface area (Å²) in [5.41, 5.74) is 0.428. The number of hydrogen-bond donors (Lipinski definition) is 2. The number of sulfonamides is 1. The molecule has 3 rings (SSSR count). The summed E-state index contributed by atoms with van der Waals surface area (Å²) in [7, 11) is -2.39. The van der Waals surface area contributed by atoms with Gasteiger partial charge in [-0.1, -0.05) is 42.5 Å². The van der Waals surface area contributed by atoms with Gasteiger partial charge in [0.2, 0.25) is 10.0 Å². The quantitative estimate of drug-likeness (QED) is 0.798. The number of rotatable bonds is 7. The molecule has 1 saturated carbocycles. The molecule has 2 N–H and O–H groups in total. The third-order valence-electron chi connectivity index (χ3n) is 4.44. The molecule has 128 valence electrons. The number of fused-ring (bicyclic) bond motifs is 1. The average Bonchev–Trinajstić information content (AvgIpc) is 3.34. The van der Waals surface area contributed by atoms with Gasteiger partial charge >= 0.3 is 5.97 Å². The van der Waals surface area contributed by atoms with Gasteiger partial charge in [-0.25, -0.2) is 8.42 Å². The molecule has 6 nitrogen and oxygen atoms in total. The molecule has 1 aliphatic rings. The summed E-state index contributed by atoms with van der Waals surface area (Å²) in [6.07, 6.45) is 0.941. The number of carbonyl (C=O) groups is 1. The highest BCUT2D eigenvalue weighted by molar-refractivity contribution is 7.91. The molecular weight excluding hydrogens is 330 g/mol. The lowest BCUT2D eigenvalue weighted by atomic mass is 9.99. The van der Waals surface area contributed by atoms with Gasteiger partial charge in [0, 0.05) is 7.11 Å². The normalized spacial score (nSPS) is 17.5. The Kier molecular flexibility index (Phi) is 4.33. The molecule has 0 radical (unpaired) electrons. The second-order valence-corrected chi connectivity index (χ2v) is 8.19. The second kappa shape index (κ2) is 6.16. The number of carboxylic acids is 1. The van der Waals surface area contributed by atoms with Crippen LogP contribution in [-0.2, 0) is 19.6 Å². The van der Waals surface area contributed by atoms with Crippen molar-refractivity contribution in [2.24, 2.45) is 0 Å². The first-order valence-corrected chi connectivity index (χ1v) is 9.10. The molecule has 0 heterocycles. The lowest BCUT2D eigenvalue weighted by Crippen LogP contribution is -2.43. The van der Waals surface area contributed by atoms with Crippen LogP contribution in [0, 0.1) is 0 Å². The zero-order valence-corrected chi connectivity index (χ0v) is 14.0. The number of hydrogen-bond acceptors (Lipinski definition) is 4. The molecule has 0 amide bonds. The van der Waals surface area contributed by atoms with Crippen molar-refractivity contribution in [3.05, 3.63) is 48.0 Å². The minimum Gasteiger partial charge on any atom is -0.480 e. The van der Waals surface area contributed by atoms with Gasteiger partial charge in [-0.15, -0.1) is 0 Å². The van der Waals surface area contributed by atoms with Gasteiger partial charge in [-0.2, -0.15) is 4.72 Å². The minimum atomic E-state index is -3.83. The highest BCUT2D eigenvalue weighted by Gasteiger charge is 2.55. The number of nitrogens with one attached hydrogen (secondary N) is 1. The molecule has 24 heavy (non-hydrogen) atoms. The first-order chi connectivity index (χ1) is 11.4. The largest absolute Gasteiger partial charge is 0.480 e. The lowest BCUT2D eigenvalue weighted by molar-refractivity contribution is -0.139. The van der Waals surface area contributed by atoms with Crippen molar-refractivity contribution in [2.45, 2.75) is 23.6 Å². The zero-order valence-electron chi connectivity index (χ0n) is 13.2. The topological polar surface area (TPSA) is 92.7 Å². The maximum atomic E-state index is 12.7. The average molecular weight is 349 g/mol. The van der Waals surface area contributed by atoms with E-state index in [1.54, 1.807) is 24.3 Å². The van der Waals surface area contributed by atoms with E-state index in [9.17, 15) is 18.3 Å². The molecule has 7 heteroatoms. The van der Waals surface area contributed by atoms with Gasteiger partial charge in [0.05, 0.1) is 6.61 Å². The van der Waals surface area contributed by atoms with E-state index in [4.69, 9.17) is 4.74 Å². The van der Waals surface area contributed by atoms with Crippen molar-refractivity contribution >= 4 is 26.8 Å². The Hall–Kier alpha value is -1.96. The van der Waals surface area contributed by atoms with Crippen LogP contribution in [-0.4, -0.2) is 38.0 Å². The summed E-state index contributed by atoms with van der Waals surface area (Å²) in [6.45, 7) is 0.0597. The van der Waals surface area contributed by atoms with Crippen LogP contribution in [0.2, 0.25) is 0 Å². The van der Waals surface area contributed by atoms with Crippen LogP contribution in [0.4, 0.5) is 0 Å². The molecule has 1 fully saturated rings. The monoisotopic (exact) mass is 349 g/mol. The van der Waals surface area contributed by atoms with Gasteiger partial charge in [-0.05, 0) is 29.2 Å². The van der Waals surface area contributed by atoms with Gasteiger partial charge < -0.3 is 9.84 Å². The molecule has 0 saturated heterocycles. The summed E-state index contributed by atoms with van der Waals surface area (Å²) in [5.74, 6) is -1.23. The van der Waals surface area contributed by atoms with E-state index < -0.39 is 26.8 Å². The van der Waals surface area contributed by atoms with Crippen LogP contribution in [0.5, 0.6) is 0 Å².